The molecule has 0 aliphatic heterocycles. The molecule has 0 aliphatic rings. The van der Waals surface area contributed by atoms with Crippen LogP contribution < -0.4 is 21.9 Å². The molecule has 0 N–H and O–H groups in total. The van der Waals surface area contributed by atoms with Crippen molar-refractivity contribution in [2.45, 2.75) is 0 Å². The second-order valence-corrected chi connectivity index (χ2v) is 5.84. The molecule has 2 nitrogen and oxygen atoms in total. The van der Waals surface area contributed by atoms with Crippen molar-refractivity contribution in [2.24, 2.45) is 0 Å². The van der Waals surface area contributed by atoms with E-state index in [1.165, 1.54) is 11.4 Å². The van der Waals surface area contributed by atoms with Gasteiger partial charge >= 0.3 is 0 Å². The molecule has 3 heteroatoms. The van der Waals surface area contributed by atoms with Crippen LogP contribution in [0.5, 0.6) is 0 Å². The highest BCUT2D eigenvalue weighted by Crippen LogP contribution is 2.24. The predicted molar refractivity (Wildman–Crippen MR) is 82.8 cm³/mol. The molecule has 0 spiro atoms. The largest absolute Gasteiger partial charge is 1.00 e. The zero-order valence-corrected chi connectivity index (χ0v) is 14.0. The van der Waals surface area contributed by atoms with E-state index in [2.05, 4.69) is 86.7 Å². The summed E-state index contributed by atoms with van der Waals surface area (Å²) in [7, 11) is 6.69. The molecule has 108 valence electrons. The van der Waals surface area contributed by atoms with E-state index in [0.717, 1.165) is 17.6 Å². The zero-order chi connectivity index (χ0) is 13.7. The Balaban J connectivity index is 0.00000200. The third-order valence-corrected chi connectivity index (χ3v) is 3.13. The van der Waals surface area contributed by atoms with Gasteiger partial charge in [-0.1, -0.05) is 36.4 Å². The maximum absolute atomic E-state index is 2.38. The summed E-state index contributed by atoms with van der Waals surface area (Å²) in [5.41, 5.74) is 2.50. The summed E-state index contributed by atoms with van der Waals surface area (Å²) in [5, 5.41) is 0. The Hall–Kier alpha value is -1.32. The molecule has 2 aromatic carbocycles. The van der Waals surface area contributed by atoms with Gasteiger partial charge in [0.05, 0.1) is 34.2 Å². The van der Waals surface area contributed by atoms with Crippen LogP contribution in [0.1, 0.15) is 0 Å². The summed E-state index contributed by atoms with van der Waals surface area (Å²) in [6.45, 7) is 2.11. The van der Waals surface area contributed by atoms with E-state index in [-0.39, 0.29) is 17.0 Å². The molecule has 0 radical (unpaired) electrons. The first-order chi connectivity index (χ1) is 9.06. The molecule has 0 fully saturated rings. The minimum Gasteiger partial charge on any atom is -1.00 e. The SMILES string of the molecule is C[N+](C)(C)CCN(c1ccccc1)c1ccccc1.[Br-]. The van der Waals surface area contributed by atoms with Crippen LogP contribution in [0, 0.1) is 0 Å². The Morgan fingerprint density at radius 2 is 1.15 bits per heavy atom. The molecular formula is C17H23BrN2. The van der Waals surface area contributed by atoms with Gasteiger partial charge in [0.1, 0.15) is 0 Å². The van der Waals surface area contributed by atoms with Crippen LogP contribution in [0.15, 0.2) is 60.7 Å². The Kier molecular flexibility index (Phi) is 6.24. The van der Waals surface area contributed by atoms with E-state index in [4.69, 9.17) is 0 Å². The van der Waals surface area contributed by atoms with Crippen LogP contribution >= 0.6 is 0 Å². The number of rotatable bonds is 5. The van der Waals surface area contributed by atoms with E-state index >= 15 is 0 Å². The van der Waals surface area contributed by atoms with E-state index < -0.39 is 0 Å². The van der Waals surface area contributed by atoms with Crippen LogP contribution in [-0.2, 0) is 0 Å². The number of hydrogen-bond donors (Lipinski definition) is 0. The predicted octanol–water partition coefficient (Wildman–Crippen LogP) is 0.535. The highest BCUT2D eigenvalue weighted by molar-refractivity contribution is 5.62. The number of hydrogen-bond acceptors (Lipinski definition) is 1. The van der Waals surface area contributed by atoms with Gasteiger partial charge in [-0.3, -0.25) is 0 Å². The van der Waals surface area contributed by atoms with E-state index in [1.54, 1.807) is 0 Å². The Morgan fingerprint density at radius 1 is 0.750 bits per heavy atom. The standard InChI is InChI=1S/C17H23N2.BrH/c1-19(2,3)15-14-18(16-10-6-4-7-11-16)17-12-8-5-9-13-17;/h4-13H,14-15H2,1-3H3;1H/q+1;/p-1. The first-order valence-electron chi connectivity index (χ1n) is 6.74. The van der Waals surface area contributed by atoms with Crippen molar-refractivity contribution in [1.82, 2.24) is 0 Å². The fraction of sp³-hybridized carbons (Fsp3) is 0.294. The molecule has 0 amide bonds. The molecule has 0 unspecified atom stereocenters. The van der Waals surface area contributed by atoms with E-state index in [0.29, 0.717) is 0 Å². The minimum absolute atomic E-state index is 0. The third-order valence-electron chi connectivity index (χ3n) is 3.13. The van der Waals surface area contributed by atoms with Gasteiger partial charge in [0.25, 0.3) is 0 Å². The molecule has 2 aromatic rings. The number of para-hydroxylation sites is 2. The first-order valence-corrected chi connectivity index (χ1v) is 6.74. The quantitative estimate of drug-likeness (QED) is 0.721. The second-order valence-electron chi connectivity index (χ2n) is 5.84. The van der Waals surface area contributed by atoms with Crippen LogP contribution in [-0.4, -0.2) is 38.7 Å². The molecule has 0 saturated heterocycles. The van der Waals surface area contributed by atoms with Gasteiger partial charge in [-0.2, -0.15) is 0 Å². The van der Waals surface area contributed by atoms with Crippen molar-refractivity contribution in [3.63, 3.8) is 0 Å². The number of likely N-dealkylation sites (N-methyl/N-ethyl adjacent to an activating group) is 1. The summed E-state index contributed by atoms with van der Waals surface area (Å²) < 4.78 is 0.968. The topological polar surface area (TPSA) is 3.24 Å². The van der Waals surface area contributed by atoms with Crippen LogP contribution in [0.3, 0.4) is 0 Å². The van der Waals surface area contributed by atoms with Gasteiger partial charge in [0.2, 0.25) is 0 Å². The van der Waals surface area contributed by atoms with Crippen molar-refractivity contribution in [3.05, 3.63) is 60.7 Å². The van der Waals surface area contributed by atoms with Crippen LogP contribution in [0.2, 0.25) is 0 Å². The van der Waals surface area contributed by atoms with Gasteiger partial charge in [-0.15, -0.1) is 0 Å². The van der Waals surface area contributed by atoms with Crippen molar-refractivity contribution in [2.75, 3.05) is 39.1 Å². The lowest BCUT2D eigenvalue weighted by molar-refractivity contribution is -0.868. The minimum atomic E-state index is 0. The summed E-state index contributed by atoms with van der Waals surface area (Å²) in [5.74, 6) is 0. The molecule has 0 heterocycles. The lowest BCUT2D eigenvalue weighted by Gasteiger charge is -2.30. The molecule has 0 aliphatic carbocycles. The normalized spacial score (nSPS) is 10.8. The third kappa shape index (κ3) is 4.99. The molecule has 0 atom stereocenters. The lowest BCUT2D eigenvalue weighted by atomic mass is 10.2. The monoisotopic (exact) mass is 334 g/mol. The maximum atomic E-state index is 2.38. The van der Waals surface area contributed by atoms with Gasteiger partial charge in [-0.05, 0) is 24.3 Å². The van der Waals surface area contributed by atoms with Crippen LogP contribution in [0.25, 0.3) is 0 Å². The lowest BCUT2D eigenvalue weighted by Crippen LogP contribution is -3.00. The first kappa shape index (κ1) is 16.7. The summed E-state index contributed by atoms with van der Waals surface area (Å²) in [6.07, 6.45) is 0. The summed E-state index contributed by atoms with van der Waals surface area (Å²) in [4.78, 5) is 2.38. The molecular weight excluding hydrogens is 312 g/mol. The summed E-state index contributed by atoms with van der Waals surface area (Å²) >= 11 is 0. The smallest absolute Gasteiger partial charge is 0.0962 e. The average Bonchev–Trinajstić information content (AvgIpc) is 2.40. The van der Waals surface area contributed by atoms with Crippen molar-refractivity contribution < 1.29 is 21.5 Å². The molecule has 0 saturated carbocycles. The number of nitrogens with zero attached hydrogens (tertiary/aromatic N) is 2. The number of anilines is 2. The Bertz CT molecular complexity index is 452. The maximum Gasteiger partial charge on any atom is 0.0962 e. The van der Waals surface area contributed by atoms with Crippen molar-refractivity contribution >= 4 is 11.4 Å². The second kappa shape index (κ2) is 7.46. The van der Waals surface area contributed by atoms with Gasteiger partial charge < -0.3 is 26.4 Å². The highest BCUT2D eigenvalue weighted by Gasteiger charge is 2.13. The van der Waals surface area contributed by atoms with Gasteiger partial charge in [-0.25, -0.2) is 0 Å². The van der Waals surface area contributed by atoms with Gasteiger partial charge in [0, 0.05) is 11.4 Å². The number of quaternary nitrogens is 1. The van der Waals surface area contributed by atoms with Crippen LogP contribution in [0.4, 0.5) is 11.4 Å². The summed E-state index contributed by atoms with van der Waals surface area (Å²) in [6, 6.07) is 21.2. The van der Waals surface area contributed by atoms with Crippen molar-refractivity contribution in [3.8, 4) is 0 Å². The van der Waals surface area contributed by atoms with Crippen molar-refractivity contribution in [1.29, 1.82) is 0 Å². The average molecular weight is 335 g/mol. The highest BCUT2D eigenvalue weighted by atomic mass is 79.9. The fourth-order valence-electron chi connectivity index (χ4n) is 2.02. The molecule has 2 rings (SSSR count). The van der Waals surface area contributed by atoms with E-state index in [9.17, 15) is 0 Å². The van der Waals surface area contributed by atoms with Gasteiger partial charge in [0.15, 0.2) is 0 Å². The molecule has 0 aromatic heterocycles. The molecule has 0 bridgehead atoms. The number of benzene rings is 2. The molecule has 20 heavy (non-hydrogen) atoms. The zero-order valence-electron chi connectivity index (χ0n) is 12.5. The Labute approximate surface area is 133 Å². The fourth-order valence-corrected chi connectivity index (χ4v) is 2.02. The Morgan fingerprint density at radius 3 is 1.50 bits per heavy atom. The van der Waals surface area contributed by atoms with E-state index in [1.807, 2.05) is 0 Å². The number of halogens is 1.